The van der Waals surface area contributed by atoms with Crippen molar-refractivity contribution in [3.05, 3.63) is 35.4 Å². The van der Waals surface area contributed by atoms with Crippen LogP contribution in [-0.2, 0) is 27.4 Å². The molecule has 0 aromatic heterocycles. The van der Waals surface area contributed by atoms with Crippen molar-refractivity contribution in [2.24, 2.45) is 10.9 Å². The highest BCUT2D eigenvalue weighted by Crippen LogP contribution is 2.13. The van der Waals surface area contributed by atoms with E-state index in [4.69, 9.17) is 9.47 Å². The van der Waals surface area contributed by atoms with E-state index in [1.54, 1.807) is 7.05 Å². The predicted molar refractivity (Wildman–Crippen MR) is 102 cm³/mol. The zero-order valence-corrected chi connectivity index (χ0v) is 16.0. The van der Waals surface area contributed by atoms with Crippen molar-refractivity contribution in [1.29, 1.82) is 0 Å². The lowest BCUT2D eigenvalue weighted by molar-refractivity contribution is -0.144. The van der Waals surface area contributed by atoms with Crippen molar-refractivity contribution in [2.75, 3.05) is 47.0 Å². The first-order valence-corrected chi connectivity index (χ1v) is 9.03. The summed E-state index contributed by atoms with van der Waals surface area (Å²) in [6.45, 7) is 7.43. The van der Waals surface area contributed by atoms with E-state index < -0.39 is 0 Å². The summed E-state index contributed by atoms with van der Waals surface area (Å²) in [7, 11) is 3.12. The SMILES string of the molecule is CN=C(NCc1ccccc1CN1CCOCC1)NCC(C)C(=O)OC. The normalized spacial score (nSPS) is 16.8. The molecule has 0 aliphatic carbocycles. The number of hydrogen-bond donors (Lipinski definition) is 2. The third kappa shape index (κ3) is 6.31. The number of aliphatic imine (C=N–C) groups is 1. The third-order valence-electron chi connectivity index (χ3n) is 4.47. The van der Waals surface area contributed by atoms with Gasteiger partial charge < -0.3 is 20.1 Å². The van der Waals surface area contributed by atoms with Crippen LogP contribution in [0.1, 0.15) is 18.1 Å². The predicted octanol–water partition coefficient (Wildman–Crippen LogP) is 0.993. The molecule has 0 saturated carbocycles. The number of morpholine rings is 1. The van der Waals surface area contributed by atoms with E-state index in [0.29, 0.717) is 19.0 Å². The Bertz CT molecular complexity index is 600. The molecule has 7 heteroatoms. The molecular formula is C19H30N4O3. The molecule has 0 radical (unpaired) electrons. The maximum atomic E-state index is 11.5. The van der Waals surface area contributed by atoms with Crippen LogP contribution < -0.4 is 10.6 Å². The lowest BCUT2D eigenvalue weighted by Crippen LogP contribution is -2.40. The number of carbonyl (C=O) groups is 1. The van der Waals surface area contributed by atoms with Crippen LogP contribution in [-0.4, -0.2) is 63.8 Å². The van der Waals surface area contributed by atoms with E-state index >= 15 is 0 Å². The molecule has 1 aliphatic heterocycles. The maximum Gasteiger partial charge on any atom is 0.310 e. The highest BCUT2D eigenvalue weighted by molar-refractivity contribution is 5.80. The molecule has 1 fully saturated rings. The quantitative estimate of drug-likeness (QED) is 0.428. The second kappa shape index (κ2) is 10.8. The summed E-state index contributed by atoms with van der Waals surface area (Å²) in [4.78, 5) is 18.1. The molecule has 2 N–H and O–H groups in total. The van der Waals surface area contributed by atoms with Gasteiger partial charge in [0.15, 0.2) is 5.96 Å². The van der Waals surface area contributed by atoms with Gasteiger partial charge in [0.2, 0.25) is 0 Å². The van der Waals surface area contributed by atoms with E-state index in [2.05, 4.69) is 44.8 Å². The van der Waals surface area contributed by atoms with Gasteiger partial charge in [-0.1, -0.05) is 31.2 Å². The topological polar surface area (TPSA) is 75.2 Å². The van der Waals surface area contributed by atoms with E-state index in [0.717, 1.165) is 32.8 Å². The summed E-state index contributed by atoms with van der Waals surface area (Å²) in [5.41, 5.74) is 2.54. The van der Waals surface area contributed by atoms with Crippen molar-refractivity contribution >= 4 is 11.9 Å². The van der Waals surface area contributed by atoms with Gasteiger partial charge in [-0.25, -0.2) is 0 Å². The average Bonchev–Trinajstić information content (AvgIpc) is 2.69. The van der Waals surface area contributed by atoms with Gasteiger partial charge >= 0.3 is 5.97 Å². The average molecular weight is 362 g/mol. The molecule has 1 atom stereocenters. The van der Waals surface area contributed by atoms with Gasteiger partial charge in [-0.05, 0) is 11.1 Å². The first-order chi connectivity index (χ1) is 12.6. The fourth-order valence-electron chi connectivity index (χ4n) is 2.82. The number of methoxy groups -OCH3 is 1. The minimum absolute atomic E-state index is 0.229. The van der Waals surface area contributed by atoms with Crippen molar-refractivity contribution in [3.63, 3.8) is 0 Å². The zero-order valence-electron chi connectivity index (χ0n) is 16.0. The molecular weight excluding hydrogens is 332 g/mol. The maximum absolute atomic E-state index is 11.5. The monoisotopic (exact) mass is 362 g/mol. The first kappa shape index (κ1) is 20.2. The van der Waals surface area contributed by atoms with E-state index in [-0.39, 0.29) is 11.9 Å². The molecule has 0 bridgehead atoms. The number of esters is 1. The second-order valence-electron chi connectivity index (χ2n) is 6.39. The highest BCUT2D eigenvalue weighted by atomic mass is 16.5. The first-order valence-electron chi connectivity index (χ1n) is 9.03. The molecule has 1 aromatic rings. The van der Waals surface area contributed by atoms with Crippen LogP contribution >= 0.6 is 0 Å². The van der Waals surface area contributed by atoms with E-state index in [1.807, 2.05) is 6.92 Å². The fourth-order valence-corrected chi connectivity index (χ4v) is 2.82. The third-order valence-corrected chi connectivity index (χ3v) is 4.47. The van der Waals surface area contributed by atoms with Crippen LogP contribution in [0.4, 0.5) is 0 Å². The molecule has 26 heavy (non-hydrogen) atoms. The Balaban J connectivity index is 1.88. The smallest absolute Gasteiger partial charge is 0.310 e. The number of benzene rings is 1. The molecule has 1 aliphatic rings. The van der Waals surface area contributed by atoms with Crippen LogP contribution in [0.3, 0.4) is 0 Å². The largest absolute Gasteiger partial charge is 0.469 e. The molecule has 0 spiro atoms. The zero-order chi connectivity index (χ0) is 18.8. The van der Waals surface area contributed by atoms with Crippen LogP contribution in [0.25, 0.3) is 0 Å². The summed E-state index contributed by atoms with van der Waals surface area (Å²) in [6, 6.07) is 8.43. The lowest BCUT2D eigenvalue weighted by atomic mass is 10.1. The summed E-state index contributed by atoms with van der Waals surface area (Å²) in [6.07, 6.45) is 0. The second-order valence-corrected chi connectivity index (χ2v) is 6.39. The molecule has 7 nitrogen and oxygen atoms in total. The standard InChI is InChI=1S/C19H30N4O3/c1-15(18(24)25-3)12-21-19(20-2)22-13-16-6-4-5-7-17(16)14-23-8-10-26-11-9-23/h4-7,15H,8-14H2,1-3H3,(H2,20,21,22). The van der Waals surface area contributed by atoms with Gasteiger partial charge in [0.05, 0.1) is 26.2 Å². The summed E-state index contributed by atoms with van der Waals surface area (Å²) < 4.78 is 10.2. The van der Waals surface area contributed by atoms with Gasteiger partial charge in [0.25, 0.3) is 0 Å². The van der Waals surface area contributed by atoms with Gasteiger partial charge in [0.1, 0.15) is 0 Å². The Morgan fingerprint density at radius 1 is 1.27 bits per heavy atom. The number of ether oxygens (including phenoxy) is 2. The van der Waals surface area contributed by atoms with Crippen LogP contribution in [0.2, 0.25) is 0 Å². The van der Waals surface area contributed by atoms with Gasteiger partial charge in [-0.3, -0.25) is 14.7 Å². The highest BCUT2D eigenvalue weighted by Gasteiger charge is 2.14. The molecule has 0 amide bonds. The van der Waals surface area contributed by atoms with Crippen molar-refractivity contribution in [3.8, 4) is 0 Å². The van der Waals surface area contributed by atoms with Gasteiger partial charge in [-0.15, -0.1) is 0 Å². The summed E-state index contributed by atoms with van der Waals surface area (Å²) >= 11 is 0. The summed E-state index contributed by atoms with van der Waals surface area (Å²) in [5.74, 6) is 0.206. The van der Waals surface area contributed by atoms with E-state index in [9.17, 15) is 4.79 Å². The van der Waals surface area contributed by atoms with Crippen LogP contribution in [0, 0.1) is 5.92 Å². The summed E-state index contributed by atoms with van der Waals surface area (Å²) in [5, 5.41) is 6.49. The Morgan fingerprint density at radius 2 is 1.96 bits per heavy atom. The number of rotatable bonds is 7. The Kier molecular flexibility index (Phi) is 8.37. The van der Waals surface area contributed by atoms with Crippen LogP contribution in [0.15, 0.2) is 29.3 Å². The minimum Gasteiger partial charge on any atom is -0.469 e. The minimum atomic E-state index is -0.233. The molecule has 1 saturated heterocycles. The number of nitrogens with zero attached hydrogens (tertiary/aromatic N) is 2. The molecule has 1 aromatic carbocycles. The van der Waals surface area contributed by atoms with E-state index in [1.165, 1.54) is 18.2 Å². The van der Waals surface area contributed by atoms with Crippen molar-refractivity contribution in [2.45, 2.75) is 20.0 Å². The molecule has 1 unspecified atom stereocenters. The van der Waals surface area contributed by atoms with Gasteiger partial charge in [0, 0.05) is 39.8 Å². The fraction of sp³-hybridized carbons (Fsp3) is 0.579. The van der Waals surface area contributed by atoms with Gasteiger partial charge in [-0.2, -0.15) is 0 Å². The number of hydrogen-bond acceptors (Lipinski definition) is 5. The Morgan fingerprint density at radius 3 is 2.62 bits per heavy atom. The molecule has 1 heterocycles. The number of guanidine groups is 1. The number of carbonyl (C=O) groups excluding carboxylic acids is 1. The van der Waals surface area contributed by atoms with Crippen molar-refractivity contribution in [1.82, 2.24) is 15.5 Å². The van der Waals surface area contributed by atoms with Crippen LogP contribution in [0.5, 0.6) is 0 Å². The van der Waals surface area contributed by atoms with Crippen molar-refractivity contribution < 1.29 is 14.3 Å². The lowest BCUT2D eigenvalue weighted by Gasteiger charge is -2.27. The number of nitrogens with one attached hydrogen (secondary N) is 2. The molecule has 2 rings (SSSR count). The Labute approximate surface area is 155 Å². The Hall–Kier alpha value is -2.12. The molecule has 144 valence electrons.